The molecule has 0 unspecified atom stereocenters. The first-order valence-corrected chi connectivity index (χ1v) is 3.90. The van der Waals surface area contributed by atoms with Gasteiger partial charge in [0, 0.05) is 5.25 Å². The molecular weight excluding hydrogens is 128 g/mol. The molecule has 0 amide bonds. The Morgan fingerprint density at radius 3 is 2.00 bits per heavy atom. The van der Waals surface area contributed by atoms with Gasteiger partial charge in [0.2, 0.25) is 0 Å². The third kappa shape index (κ3) is 2.28. The minimum atomic E-state index is -4.00. The van der Waals surface area contributed by atoms with E-state index in [1.54, 1.807) is 6.92 Å². The molecule has 50 valence electrons. The van der Waals surface area contributed by atoms with Gasteiger partial charge >= 0.3 is 0 Å². The van der Waals surface area contributed by atoms with Crippen LogP contribution in [-0.4, -0.2) is 18.2 Å². The molecule has 0 aromatic carbocycles. The van der Waals surface area contributed by atoms with Crippen LogP contribution in [0.5, 0.6) is 0 Å². The SMILES string of the molecule is CC[C@@H](C)S(=O)(=O)[O-]. The van der Waals surface area contributed by atoms with Gasteiger partial charge < -0.3 is 4.55 Å². The number of hydrogen-bond donors (Lipinski definition) is 0. The third-order valence-electron chi connectivity index (χ3n) is 1.07. The zero-order valence-electron chi connectivity index (χ0n) is 4.92. The highest BCUT2D eigenvalue weighted by Gasteiger charge is 2.04. The molecule has 0 aromatic rings. The lowest BCUT2D eigenvalue weighted by atomic mass is 10.4. The predicted molar refractivity (Wildman–Crippen MR) is 29.5 cm³/mol. The minimum Gasteiger partial charge on any atom is -0.748 e. The Labute approximate surface area is 49.5 Å². The summed E-state index contributed by atoms with van der Waals surface area (Å²) in [5.74, 6) is 0. The molecule has 0 fully saturated rings. The van der Waals surface area contributed by atoms with E-state index in [4.69, 9.17) is 0 Å². The average molecular weight is 137 g/mol. The Morgan fingerprint density at radius 1 is 1.62 bits per heavy atom. The third-order valence-corrected chi connectivity index (χ3v) is 2.39. The van der Waals surface area contributed by atoms with Crippen LogP contribution in [0, 0.1) is 0 Å². The number of rotatable bonds is 2. The van der Waals surface area contributed by atoms with Gasteiger partial charge in [0.15, 0.2) is 0 Å². The summed E-state index contributed by atoms with van der Waals surface area (Å²) in [5.41, 5.74) is 0. The quantitative estimate of drug-likeness (QED) is 0.515. The van der Waals surface area contributed by atoms with Crippen LogP contribution in [0.15, 0.2) is 0 Å². The molecule has 1 atom stereocenters. The summed E-state index contributed by atoms with van der Waals surface area (Å²) in [6.07, 6.45) is 0.395. The highest BCUT2D eigenvalue weighted by molar-refractivity contribution is 7.86. The molecule has 0 spiro atoms. The molecule has 0 aliphatic heterocycles. The van der Waals surface area contributed by atoms with Crippen molar-refractivity contribution < 1.29 is 13.0 Å². The number of hydrogen-bond acceptors (Lipinski definition) is 3. The molecule has 8 heavy (non-hydrogen) atoms. The van der Waals surface area contributed by atoms with E-state index >= 15 is 0 Å². The first kappa shape index (κ1) is 7.91. The fraction of sp³-hybridized carbons (Fsp3) is 1.00. The summed E-state index contributed by atoms with van der Waals surface area (Å²) in [7, 11) is -4.00. The van der Waals surface area contributed by atoms with E-state index in [1.807, 2.05) is 0 Å². The van der Waals surface area contributed by atoms with Gasteiger partial charge in [-0.15, -0.1) is 0 Å². The van der Waals surface area contributed by atoms with Crippen LogP contribution in [0.4, 0.5) is 0 Å². The van der Waals surface area contributed by atoms with E-state index in [0.717, 1.165) is 0 Å². The second kappa shape index (κ2) is 2.46. The van der Waals surface area contributed by atoms with Crippen molar-refractivity contribution in [3.8, 4) is 0 Å². The molecule has 0 bridgehead atoms. The smallest absolute Gasteiger partial charge is 0.0972 e. The van der Waals surface area contributed by atoms with Crippen molar-refractivity contribution in [3.63, 3.8) is 0 Å². The average Bonchev–Trinajstić information content (AvgIpc) is 1.62. The standard InChI is InChI=1S/C4H10O3S/c1-3-4(2)8(5,6)7/h4H,3H2,1-2H3,(H,5,6,7)/p-1/t4-/m1/s1. The van der Waals surface area contributed by atoms with Crippen molar-refractivity contribution in [1.82, 2.24) is 0 Å². The molecule has 0 aliphatic rings. The molecule has 0 aliphatic carbocycles. The maximum absolute atomic E-state index is 10.0. The van der Waals surface area contributed by atoms with E-state index in [1.165, 1.54) is 6.92 Å². The van der Waals surface area contributed by atoms with Crippen molar-refractivity contribution in [3.05, 3.63) is 0 Å². The summed E-state index contributed by atoms with van der Waals surface area (Å²) >= 11 is 0. The van der Waals surface area contributed by atoms with Gasteiger partial charge in [-0.2, -0.15) is 0 Å². The molecule has 4 heteroatoms. The van der Waals surface area contributed by atoms with Crippen LogP contribution in [-0.2, 0) is 10.1 Å². The highest BCUT2D eigenvalue weighted by atomic mass is 32.2. The van der Waals surface area contributed by atoms with Crippen LogP contribution in [0.3, 0.4) is 0 Å². The molecule has 0 rings (SSSR count). The maximum Gasteiger partial charge on any atom is 0.0972 e. The van der Waals surface area contributed by atoms with Crippen LogP contribution >= 0.6 is 0 Å². The van der Waals surface area contributed by atoms with E-state index in [0.29, 0.717) is 6.42 Å². The van der Waals surface area contributed by atoms with Gasteiger partial charge in [-0.3, -0.25) is 0 Å². The normalized spacial score (nSPS) is 15.9. The lowest BCUT2D eigenvalue weighted by Crippen LogP contribution is -2.14. The molecule has 3 nitrogen and oxygen atoms in total. The zero-order valence-corrected chi connectivity index (χ0v) is 5.73. The molecular formula is C4H9O3S-. The van der Waals surface area contributed by atoms with Gasteiger partial charge in [0.25, 0.3) is 0 Å². The summed E-state index contributed by atoms with van der Waals surface area (Å²) in [6, 6.07) is 0. The van der Waals surface area contributed by atoms with E-state index in [2.05, 4.69) is 0 Å². The maximum atomic E-state index is 10.0. The first-order valence-electron chi connectivity index (χ1n) is 2.43. The lowest BCUT2D eigenvalue weighted by Gasteiger charge is -2.12. The molecule has 0 radical (unpaired) electrons. The minimum absolute atomic E-state index is 0.395. The lowest BCUT2D eigenvalue weighted by molar-refractivity contribution is 0.449. The second-order valence-corrected chi connectivity index (χ2v) is 3.50. The summed E-state index contributed by atoms with van der Waals surface area (Å²) in [4.78, 5) is 0. The van der Waals surface area contributed by atoms with E-state index < -0.39 is 15.4 Å². The Hall–Kier alpha value is -0.0900. The Morgan fingerprint density at radius 2 is 2.00 bits per heavy atom. The summed E-state index contributed by atoms with van der Waals surface area (Å²) in [6.45, 7) is 3.07. The van der Waals surface area contributed by atoms with Crippen molar-refractivity contribution >= 4 is 10.1 Å². The van der Waals surface area contributed by atoms with Crippen molar-refractivity contribution in [2.75, 3.05) is 0 Å². The van der Waals surface area contributed by atoms with Gasteiger partial charge in [-0.1, -0.05) is 6.92 Å². The van der Waals surface area contributed by atoms with Crippen molar-refractivity contribution in [1.29, 1.82) is 0 Å². The Bertz CT molecular complexity index is 147. The predicted octanol–water partition coefficient (Wildman–Crippen LogP) is 0.330. The van der Waals surface area contributed by atoms with Crippen LogP contribution in [0.1, 0.15) is 20.3 Å². The fourth-order valence-corrected chi connectivity index (χ4v) is 0.612. The van der Waals surface area contributed by atoms with E-state index in [9.17, 15) is 13.0 Å². The van der Waals surface area contributed by atoms with Gasteiger partial charge in [0.1, 0.15) is 0 Å². The van der Waals surface area contributed by atoms with Crippen molar-refractivity contribution in [2.45, 2.75) is 25.5 Å². The molecule has 0 aromatic heterocycles. The van der Waals surface area contributed by atoms with Crippen LogP contribution in [0.25, 0.3) is 0 Å². The van der Waals surface area contributed by atoms with E-state index in [-0.39, 0.29) is 0 Å². The largest absolute Gasteiger partial charge is 0.748 e. The van der Waals surface area contributed by atoms with Gasteiger partial charge in [0.05, 0.1) is 10.1 Å². The zero-order chi connectivity index (χ0) is 6.78. The van der Waals surface area contributed by atoms with Gasteiger partial charge in [-0.25, -0.2) is 8.42 Å². The highest BCUT2D eigenvalue weighted by Crippen LogP contribution is 1.99. The molecule has 0 heterocycles. The second-order valence-electron chi connectivity index (χ2n) is 1.71. The van der Waals surface area contributed by atoms with Gasteiger partial charge in [-0.05, 0) is 13.3 Å². The molecule has 0 saturated carbocycles. The summed E-state index contributed by atoms with van der Waals surface area (Å²) < 4.78 is 30.0. The fourth-order valence-electron chi connectivity index (χ4n) is 0.204. The van der Waals surface area contributed by atoms with Crippen molar-refractivity contribution in [2.24, 2.45) is 0 Å². The first-order chi connectivity index (χ1) is 3.48. The Balaban J connectivity index is 4.04. The topological polar surface area (TPSA) is 57.2 Å². The Kier molecular flexibility index (Phi) is 2.43. The summed E-state index contributed by atoms with van der Waals surface area (Å²) in [5, 5.41) is -0.734. The van der Waals surface area contributed by atoms with Crippen LogP contribution in [0.2, 0.25) is 0 Å². The van der Waals surface area contributed by atoms with Crippen LogP contribution < -0.4 is 0 Å². The molecule has 0 N–H and O–H groups in total. The molecule has 0 saturated heterocycles. The monoisotopic (exact) mass is 137 g/mol.